The minimum Gasteiger partial charge on any atom is -0.444 e. The van der Waals surface area contributed by atoms with Crippen molar-refractivity contribution in [3.63, 3.8) is 0 Å². The average molecular weight is 561 g/mol. The maximum Gasteiger partial charge on any atom is 0.410 e. The molecular weight excluding hydrogens is 524 g/mol. The summed E-state index contributed by atoms with van der Waals surface area (Å²) in [6.07, 6.45) is 1.23. The quantitative estimate of drug-likeness (QED) is 0.383. The predicted molar refractivity (Wildman–Crippen MR) is 156 cm³/mol. The monoisotopic (exact) mass is 560 g/mol. The Morgan fingerprint density at radius 2 is 1.90 bits per heavy atom. The first kappa shape index (κ1) is 27.9. The van der Waals surface area contributed by atoms with Gasteiger partial charge in [0.05, 0.1) is 22.9 Å². The summed E-state index contributed by atoms with van der Waals surface area (Å²) in [6, 6.07) is 7.57. The van der Waals surface area contributed by atoms with Crippen molar-refractivity contribution in [1.29, 1.82) is 0 Å². The number of carbonyl (C=O) groups is 2. The molecule has 0 spiro atoms. The Morgan fingerprint density at radius 1 is 1.15 bits per heavy atom. The van der Waals surface area contributed by atoms with E-state index in [1.54, 1.807) is 25.1 Å². The third-order valence-electron chi connectivity index (χ3n) is 6.96. The number of benzene rings is 1. The number of imidazole rings is 1. The van der Waals surface area contributed by atoms with Crippen LogP contribution in [0.1, 0.15) is 38.2 Å². The van der Waals surface area contributed by atoms with E-state index in [9.17, 15) is 9.59 Å². The molecule has 1 saturated heterocycles. The van der Waals surface area contributed by atoms with Crippen molar-refractivity contribution in [2.24, 2.45) is 7.05 Å². The summed E-state index contributed by atoms with van der Waals surface area (Å²) < 4.78 is 7.57. The first-order chi connectivity index (χ1) is 19.3. The zero-order valence-electron chi connectivity index (χ0n) is 24.5. The number of aromatic amines is 1. The van der Waals surface area contributed by atoms with Crippen LogP contribution in [0.2, 0.25) is 0 Å². The predicted octanol–water partition coefficient (Wildman–Crippen LogP) is 3.15. The number of ether oxygens (including phenoxy) is 1. The topological polar surface area (TPSA) is 151 Å². The van der Waals surface area contributed by atoms with E-state index in [0.29, 0.717) is 48.2 Å². The van der Waals surface area contributed by atoms with Gasteiger partial charge in [-0.25, -0.2) is 19.7 Å². The Balaban J connectivity index is 1.46. The zero-order chi connectivity index (χ0) is 29.6. The number of aryl methyl sites for hydroxylation is 1. The molecule has 1 aliphatic heterocycles. The van der Waals surface area contributed by atoms with E-state index in [4.69, 9.17) is 20.4 Å². The summed E-state index contributed by atoms with van der Waals surface area (Å²) in [5.41, 5.74) is 10.2. The summed E-state index contributed by atoms with van der Waals surface area (Å²) in [5, 5.41) is 7.01. The molecule has 4 heterocycles. The van der Waals surface area contributed by atoms with Crippen molar-refractivity contribution < 1.29 is 14.3 Å². The lowest BCUT2D eigenvalue weighted by Gasteiger charge is -2.41. The van der Waals surface area contributed by atoms with Crippen LogP contribution >= 0.6 is 0 Å². The molecule has 0 radical (unpaired) electrons. The molecule has 1 aromatic carbocycles. The zero-order valence-corrected chi connectivity index (χ0v) is 24.5. The van der Waals surface area contributed by atoms with Crippen molar-refractivity contribution in [3.05, 3.63) is 36.2 Å². The third kappa shape index (κ3) is 5.39. The SMILES string of the molecule is C[C@H]1CN(c2cccc3nc(-c4nc(-c5cc(C(=O)N(C)C)[nH]n5)cnc4N)n(C)c23)CCN1C(=O)OC(C)(C)C. The highest BCUT2D eigenvalue weighted by Gasteiger charge is 2.32. The molecule has 3 aromatic heterocycles. The fourth-order valence-corrected chi connectivity index (χ4v) is 4.97. The van der Waals surface area contributed by atoms with Crippen LogP contribution in [0, 0.1) is 0 Å². The van der Waals surface area contributed by atoms with Crippen molar-refractivity contribution in [2.75, 3.05) is 44.4 Å². The highest BCUT2D eigenvalue weighted by Crippen LogP contribution is 2.33. The van der Waals surface area contributed by atoms with E-state index in [2.05, 4.69) is 26.1 Å². The molecule has 13 heteroatoms. The first-order valence-corrected chi connectivity index (χ1v) is 13.4. The lowest BCUT2D eigenvalue weighted by molar-refractivity contribution is 0.0159. The molecule has 13 nitrogen and oxygen atoms in total. The van der Waals surface area contributed by atoms with Gasteiger partial charge in [0, 0.05) is 46.8 Å². The second-order valence-electron chi connectivity index (χ2n) is 11.5. The van der Waals surface area contributed by atoms with E-state index in [1.807, 2.05) is 51.4 Å². The van der Waals surface area contributed by atoms with E-state index in [1.165, 1.54) is 11.1 Å². The van der Waals surface area contributed by atoms with E-state index in [-0.39, 0.29) is 23.9 Å². The Morgan fingerprint density at radius 3 is 2.59 bits per heavy atom. The van der Waals surface area contributed by atoms with Gasteiger partial charge >= 0.3 is 6.09 Å². The lowest BCUT2D eigenvalue weighted by Crippen LogP contribution is -2.55. The smallest absolute Gasteiger partial charge is 0.410 e. The van der Waals surface area contributed by atoms with E-state index in [0.717, 1.165) is 16.7 Å². The van der Waals surface area contributed by atoms with Gasteiger partial charge in [0.25, 0.3) is 5.91 Å². The van der Waals surface area contributed by atoms with Crippen LogP contribution in [0.25, 0.3) is 33.9 Å². The van der Waals surface area contributed by atoms with Crippen LogP contribution in [0.3, 0.4) is 0 Å². The van der Waals surface area contributed by atoms with Crippen LogP contribution in [-0.2, 0) is 11.8 Å². The van der Waals surface area contributed by atoms with Crippen LogP contribution in [0.4, 0.5) is 16.3 Å². The van der Waals surface area contributed by atoms with Gasteiger partial charge in [-0.1, -0.05) is 6.07 Å². The fraction of sp³-hybridized carbons (Fsp3) is 0.429. The summed E-state index contributed by atoms with van der Waals surface area (Å²) in [5.74, 6) is 0.588. The maximum atomic E-state index is 12.7. The van der Waals surface area contributed by atoms with E-state index >= 15 is 0 Å². The number of carbonyl (C=O) groups excluding carboxylic acids is 2. The number of nitrogens with one attached hydrogen (secondary N) is 1. The van der Waals surface area contributed by atoms with Gasteiger partial charge in [-0.2, -0.15) is 5.10 Å². The number of hydrogen-bond donors (Lipinski definition) is 2. The molecule has 1 fully saturated rings. The van der Waals surface area contributed by atoms with Gasteiger partial charge in [0.2, 0.25) is 0 Å². The molecule has 0 aliphatic carbocycles. The molecule has 0 saturated carbocycles. The number of anilines is 2. The molecule has 5 rings (SSSR count). The second-order valence-corrected chi connectivity index (χ2v) is 11.5. The first-order valence-electron chi connectivity index (χ1n) is 13.4. The number of nitrogens with two attached hydrogens (primary N) is 1. The van der Waals surface area contributed by atoms with Crippen LogP contribution < -0.4 is 10.6 Å². The maximum absolute atomic E-state index is 12.7. The number of aromatic nitrogens is 6. The standard InChI is InChI=1S/C28H36N10O3/c1-16-15-37(11-12-38(16)27(40)41-28(2,3)4)21-10-8-9-17-23(21)36(7)25(32-17)22-24(29)30-14-20(31-22)18-13-19(34-33-18)26(39)35(5)6/h8-10,13-14,16H,11-12,15H2,1-7H3,(H2,29,30)(H,33,34)/t16-/m0/s1. The molecule has 0 bridgehead atoms. The van der Waals surface area contributed by atoms with Crippen LogP contribution in [-0.4, -0.2) is 96.9 Å². The highest BCUT2D eigenvalue weighted by atomic mass is 16.6. The van der Waals surface area contributed by atoms with Crippen molar-refractivity contribution in [1.82, 2.24) is 39.5 Å². The fourth-order valence-electron chi connectivity index (χ4n) is 4.97. The average Bonchev–Trinajstić information content (AvgIpc) is 3.52. The lowest BCUT2D eigenvalue weighted by atomic mass is 10.1. The Bertz CT molecular complexity index is 1620. The number of fused-ring (bicyclic) bond motifs is 1. The highest BCUT2D eigenvalue weighted by molar-refractivity contribution is 5.94. The van der Waals surface area contributed by atoms with Gasteiger partial charge in [0.15, 0.2) is 11.6 Å². The number of nitrogens with zero attached hydrogens (tertiary/aromatic N) is 8. The minimum absolute atomic E-state index is 0.0436. The molecule has 3 N–H and O–H groups in total. The van der Waals surface area contributed by atoms with E-state index < -0.39 is 5.60 Å². The van der Waals surface area contributed by atoms with Crippen LogP contribution in [0.15, 0.2) is 30.5 Å². The van der Waals surface area contributed by atoms with Crippen LogP contribution in [0.5, 0.6) is 0 Å². The number of nitrogen functional groups attached to an aromatic ring is 1. The largest absolute Gasteiger partial charge is 0.444 e. The van der Waals surface area contributed by atoms with Crippen molar-refractivity contribution in [3.8, 4) is 22.9 Å². The number of hydrogen-bond acceptors (Lipinski definition) is 9. The molecule has 1 aliphatic rings. The summed E-state index contributed by atoms with van der Waals surface area (Å²) in [7, 11) is 5.27. The van der Waals surface area contributed by atoms with Gasteiger partial charge < -0.3 is 29.7 Å². The summed E-state index contributed by atoms with van der Waals surface area (Å²) in [6.45, 7) is 9.47. The minimum atomic E-state index is -0.546. The Labute approximate surface area is 238 Å². The van der Waals surface area contributed by atoms with Crippen molar-refractivity contribution in [2.45, 2.75) is 39.3 Å². The summed E-state index contributed by atoms with van der Waals surface area (Å²) in [4.78, 5) is 44.6. The Hall–Kier alpha value is -4.68. The third-order valence-corrected chi connectivity index (χ3v) is 6.96. The Kier molecular flexibility index (Phi) is 7.05. The molecule has 1 atom stereocenters. The summed E-state index contributed by atoms with van der Waals surface area (Å²) >= 11 is 0. The number of rotatable bonds is 4. The van der Waals surface area contributed by atoms with Gasteiger partial charge in [-0.05, 0) is 45.9 Å². The number of piperazine rings is 1. The van der Waals surface area contributed by atoms with Gasteiger partial charge in [-0.3, -0.25) is 9.89 Å². The number of amides is 2. The molecule has 216 valence electrons. The van der Waals surface area contributed by atoms with Gasteiger partial charge in [0.1, 0.15) is 28.4 Å². The molecule has 2 amide bonds. The number of H-pyrrole nitrogens is 1. The molecular formula is C28H36N10O3. The molecule has 0 unspecified atom stereocenters. The van der Waals surface area contributed by atoms with Crippen molar-refractivity contribution >= 4 is 34.5 Å². The molecule has 41 heavy (non-hydrogen) atoms. The number of para-hydroxylation sites is 1. The second kappa shape index (κ2) is 10.4. The normalized spacial score (nSPS) is 15.8. The molecule has 4 aromatic rings. The van der Waals surface area contributed by atoms with Gasteiger partial charge in [-0.15, -0.1) is 0 Å².